The smallest absolute Gasteiger partial charge is 0.206 e. The zero-order valence-electron chi connectivity index (χ0n) is 12.2. The molecule has 0 aliphatic heterocycles. The Kier molecular flexibility index (Phi) is 4.36. The quantitative estimate of drug-likeness (QED) is 0.791. The average molecular weight is 290 g/mol. The zero-order chi connectivity index (χ0) is 15.6. The lowest BCUT2D eigenvalue weighted by molar-refractivity contribution is 0.0912. The van der Waals surface area contributed by atoms with Crippen molar-refractivity contribution in [2.45, 2.75) is 20.8 Å². The summed E-state index contributed by atoms with van der Waals surface area (Å²) in [5.41, 5.74) is 2.26. The Balaban J connectivity index is 2.21. The maximum atomic E-state index is 13.5. The molecule has 21 heavy (non-hydrogen) atoms. The molecule has 0 amide bonds. The first-order chi connectivity index (χ1) is 9.91. The van der Waals surface area contributed by atoms with Crippen LogP contribution in [-0.2, 0) is 0 Å². The number of hydrogen-bond donors (Lipinski definition) is 0. The molecule has 2 aromatic carbocycles. The van der Waals surface area contributed by atoms with Gasteiger partial charge in [0.05, 0.1) is 5.56 Å². The van der Waals surface area contributed by atoms with Gasteiger partial charge >= 0.3 is 0 Å². The second kappa shape index (κ2) is 6.04. The summed E-state index contributed by atoms with van der Waals surface area (Å²) in [5.74, 6) is -1.88. The topological polar surface area (TPSA) is 26.3 Å². The highest BCUT2D eigenvalue weighted by Crippen LogP contribution is 2.26. The number of ether oxygens (including phenoxy) is 1. The van der Waals surface area contributed by atoms with Gasteiger partial charge in [0.25, 0.3) is 0 Å². The lowest BCUT2D eigenvalue weighted by atomic mass is 10.1. The number of hydrogen-bond acceptors (Lipinski definition) is 2. The molecule has 4 heteroatoms. The molecule has 0 fully saturated rings. The van der Waals surface area contributed by atoms with E-state index in [-0.39, 0.29) is 0 Å². The van der Waals surface area contributed by atoms with Gasteiger partial charge in [-0.1, -0.05) is 18.2 Å². The molecule has 0 bridgehead atoms. The molecule has 0 saturated heterocycles. The molecule has 0 spiro atoms. The molecule has 2 nitrogen and oxygen atoms in total. The van der Waals surface area contributed by atoms with Crippen molar-refractivity contribution in [2.75, 3.05) is 6.61 Å². The minimum atomic E-state index is -0.874. The Morgan fingerprint density at radius 3 is 2.19 bits per heavy atom. The van der Waals surface area contributed by atoms with Crippen LogP contribution in [0.3, 0.4) is 0 Å². The van der Waals surface area contributed by atoms with Crippen molar-refractivity contribution in [3.8, 4) is 5.75 Å². The molecular formula is C17H16F2O2. The maximum Gasteiger partial charge on any atom is 0.206 e. The second-order valence-electron chi connectivity index (χ2n) is 4.96. The summed E-state index contributed by atoms with van der Waals surface area (Å²) in [6.45, 7) is 5.27. The van der Waals surface area contributed by atoms with E-state index in [0.29, 0.717) is 5.75 Å². The minimum absolute atomic E-state index is 0.400. The van der Waals surface area contributed by atoms with Crippen molar-refractivity contribution in [1.82, 2.24) is 0 Å². The first-order valence-electron chi connectivity index (χ1n) is 6.58. The number of carbonyl (C=O) groups is 1. The molecule has 2 rings (SSSR count). The van der Waals surface area contributed by atoms with Crippen molar-refractivity contribution in [2.24, 2.45) is 0 Å². The summed E-state index contributed by atoms with van der Waals surface area (Å²) < 4.78 is 32.6. The Morgan fingerprint density at radius 1 is 1.00 bits per heavy atom. The van der Waals surface area contributed by atoms with Gasteiger partial charge in [-0.05, 0) is 49.6 Å². The molecular weight excluding hydrogens is 274 g/mol. The molecule has 0 aromatic heterocycles. The van der Waals surface area contributed by atoms with Crippen LogP contribution in [0, 0.1) is 32.4 Å². The van der Waals surface area contributed by atoms with Gasteiger partial charge in [0.1, 0.15) is 17.4 Å². The molecule has 0 atom stereocenters. The normalized spacial score (nSPS) is 10.5. The third kappa shape index (κ3) is 3.10. The highest BCUT2D eigenvalue weighted by atomic mass is 19.1. The largest absolute Gasteiger partial charge is 0.485 e. The molecule has 0 aliphatic carbocycles. The van der Waals surface area contributed by atoms with E-state index < -0.39 is 29.6 Å². The second-order valence-corrected chi connectivity index (χ2v) is 4.96. The molecule has 2 aromatic rings. The van der Waals surface area contributed by atoms with E-state index in [1.807, 2.05) is 32.9 Å². The van der Waals surface area contributed by atoms with Crippen LogP contribution in [0.5, 0.6) is 5.75 Å². The van der Waals surface area contributed by atoms with Crippen LogP contribution in [0.1, 0.15) is 27.0 Å². The third-order valence-electron chi connectivity index (χ3n) is 3.46. The molecule has 0 aliphatic rings. The summed E-state index contributed by atoms with van der Waals surface area (Å²) in [7, 11) is 0. The van der Waals surface area contributed by atoms with E-state index in [9.17, 15) is 13.6 Å². The van der Waals surface area contributed by atoms with Gasteiger partial charge < -0.3 is 4.74 Å². The number of halogens is 2. The van der Waals surface area contributed by atoms with Crippen LogP contribution >= 0.6 is 0 Å². The molecule has 0 unspecified atom stereocenters. The fourth-order valence-corrected chi connectivity index (χ4v) is 2.12. The Morgan fingerprint density at radius 2 is 1.57 bits per heavy atom. The first kappa shape index (κ1) is 15.2. The fraction of sp³-hybridized carbons (Fsp3) is 0.235. The van der Waals surface area contributed by atoms with Crippen LogP contribution in [0.2, 0.25) is 0 Å². The lowest BCUT2D eigenvalue weighted by Crippen LogP contribution is -2.16. The maximum absolute atomic E-state index is 13.5. The minimum Gasteiger partial charge on any atom is -0.485 e. The predicted molar refractivity (Wildman–Crippen MR) is 76.8 cm³/mol. The SMILES string of the molecule is Cc1ccc(C)c(OCC(=O)c2c(F)cccc2F)c1C. The molecule has 0 radical (unpaired) electrons. The van der Waals surface area contributed by atoms with Crippen LogP contribution < -0.4 is 4.74 Å². The Bertz CT molecular complexity index is 673. The van der Waals surface area contributed by atoms with E-state index >= 15 is 0 Å². The van der Waals surface area contributed by atoms with Gasteiger partial charge in [-0.2, -0.15) is 0 Å². The van der Waals surface area contributed by atoms with Crippen molar-refractivity contribution in [1.29, 1.82) is 0 Å². The Labute approximate surface area is 122 Å². The van der Waals surface area contributed by atoms with Crippen molar-refractivity contribution in [3.05, 3.63) is 64.2 Å². The molecule has 0 N–H and O–H groups in total. The monoisotopic (exact) mass is 290 g/mol. The predicted octanol–water partition coefficient (Wildman–Crippen LogP) is 4.15. The number of carbonyl (C=O) groups excluding carboxylic acids is 1. The van der Waals surface area contributed by atoms with Crippen molar-refractivity contribution >= 4 is 5.78 Å². The molecule has 0 heterocycles. The zero-order valence-corrected chi connectivity index (χ0v) is 12.2. The number of Topliss-reactive ketones (excluding diaryl/α,β-unsaturated/α-hetero) is 1. The van der Waals surface area contributed by atoms with E-state index in [0.717, 1.165) is 28.8 Å². The summed E-state index contributed by atoms with van der Waals surface area (Å²) in [6, 6.07) is 7.16. The standard InChI is InChI=1S/C17H16F2O2/c1-10-7-8-11(2)17(12(10)3)21-9-15(20)16-13(18)5-4-6-14(16)19/h4-8H,9H2,1-3H3. The average Bonchev–Trinajstić information content (AvgIpc) is 2.43. The number of benzene rings is 2. The van der Waals surface area contributed by atoms with Gasteiger partial charge in [-0.3, -0.25) is 4.79 Å². The Hall–Kier alpha value is -2.23. The number of aryl methyl sites for hydroxylation is 2. The fourth-order valence-electron chi connectivity index (χ4n) is 2.12. The van der Waals surface area contributed by atoms with E-state index in [2.05, 4.69) is 0 Å². The summed E-state index contributed by atoms with van der Waals surface area (Å²) >= 11 is 0. The molecule has 0 saturated carbocycles. The van der Waals surface area contributed by atoms with Crippen LogP contribution in [0.4, 0.5) is 8.78 Å². The van der Waals surface area contributed by atoms with Gasteiger partial charge in [-0.25, -0.2) is 8.78 Å². The molecule has 110 valence electrons. The van der Waals surface area contributed by atoms with E-state index in [4.69, 9.17) is 4.74 Å². The third-order valence-corrected chi connectivity index (χ3v) is 3.46. The van der Waals surface area contributed by atoms with Crippen molar-refractivity contribution in [3.63, 3.8) is 0 Å². The highest BCUT2D eigenvalue weighted by Gasteiger charge is 2.18. The number of ketones is 1. The highest BCUT2D eigenvalue weighted by molar-refractivity contribution is 5.97. The van der Waals surface area contributed by atoms with Crippen LogP contribution in [-0.4, -0.2) is 12.4 Å². The summed E-state index contributed by atoms with van der Waals surface area (Å²) in [6.07, 6.45) is 0. The first-order valence-corrected chi connectivity index (χ1v) is 6.58. The summed E-state index contributed by atoms with van der Waals surface area (Å²) in [5, 5.41) is 0. The van der Waals surface area contributed by atoms with E-state index in [1.165, 1.54) is 6.07 Å². The van der Waals surface area contributed by atoms with Gasteiger partial charge in [-0.15, -0.1) is 0 Å². The number of rotatable bonds is 4. The lowest BCUT2D eigenvalue weighted by Gasteiger charge is -2.13. The van der Waals surface area contributed by atoms with Crippen LogP contribution in [0.25, 0.3) is 0 Å². The van der Waals surface area contributed by atoms with Crippen molar-refractivity contribution < 1.29 is 18.3 Å². The van der Waals surface area contributed by atoms with Crippen LogP contribution in [0.15, 0.2) is 30.3 Å². The van der Waals surface area contributed by atoms with Gasteiger partial charge in [0.2, 0.25) is 5.78 Å². The van der Waals surface area contributed by atoms with Gasteiger partial charge in [0.15, 0.2) is 6.61 Å². The van der Waals surface area contributed by atoms with Gasteiger partial charge in [0, 0.05) is 0 Å². The van der Waals surface area contributed by atoms with E-state index in [1.54, 1.807) is 0 Å². The summed E-state index contributed by atoms with van der Waals surface area (Å²) in [4.78, 5) is 12.0.